The van der Waals surface area contributed by atoms with Gasteiger partial charge in [0.05, 0.1) is 35.7 Å². The largest absolute Gasteiger partial charge is 0.416 e. The van der Waals surface area contributed by atoms with Gasteiger partial charge in [-0.25, -0.2) is 8.78 Å². The molecule has 1 saturated heterocycles. The minimum absolute atomic E-state index is 0.0585. The molecule has 2 unspecified atom stereocenters. The number of alkyl halides is 3. The summed E-state index contributed by atoms with van der Waals surface area (Å²) in [6, 6.07) is 4.87. The monoisotopic (exact) mass is 625 g/mol. The van der Waals surface area contributed by atoms with E-state index in [1.807, 2.05) is 11.9 Å². The molecule has 3 N–H and O–H groups in total. The Morgan fingerprint density at radius 1 is 1.09 bits per heavy atom. The molecule has 3 heterocycles. The SMILES string of the molecule is CN1CCOC(CNC(=O)c2cc(NC(=O)c3cc(F)cc(C(F)(F)F)c3)c3n2CC(=O)NC3c2cc(F)ccc2Cl)C1. The van der Waals surface area contributed by atoms with Gasteiger partial charge in [0.15, 0.2) is 0 Å². The van der Waals surface area contributed by atoms with Gasteiger partial charge in [0, 0.05) is 35.8 Å². The summed E-state index contributed by atoms with van der Waals surface area (Å²) in [5.74, 6) is -4.28. The molecule has 0 radical (unpaired) electrons. The molecule has 2 aliphatic rings. The van der Waals surface area contributed by atoms with Crippen LogP contribution in [0.1, 0.15) is 43.7 Å². The smallest absolute Gasteiger partial charge is 0.374 e. The summed E-state index contributed by atoms with van der Waals surface area (Å²) in [7, 11) is 1.91. The maximum absolute atomic E-state index is 14.3. The molecule has 228 valence electrons. The van der Waals surface area contributed by atoms with Gasteiger partial charge in [0.25, 0.3) is 11.8 Å². The molecule has 43 heavy (non-hydrogen) atoms. The first-order valence-corrected chi connectivity index (χ1v) is 13.4. The highest BCUT2D eigenvalue weighted by Crippen LogP contribution is 2.38. The highest BCUT2D eigenvalue weighted by atomic mass is 35.5. The molecule has 5 rings (SSSR count). The van der Waals surface area contributed by atoms with Gasteiger partial charge < -0.3 is 30.2 Å². The number of hydrogen-bond acceptors (Lipinski definition) is 5. The molecule has 2 atom stereocenters. The fraction of sp³-hybridized carbons (Fsp3) is 0.321. The molecule has 0 bridgehead atoms. The number of anilines is 1. The van der Waals surface area contributed by atoms with E-state index >= 15 is 0 Å². The highest BCUT2D eigenvalue weighted by Gasteiger charge is 2.36. The number of fused-ring (bicyclic) bond motifs is 1. The van der Waals surface area contributed by atoms with Crippen molar-refractivity contribution >= 4 is 35.0 Å². The van der Waals surface area contributed by atoms with E-state index < -0.39 is 52.7 Å². The van der Waals surface area contributed by atoms with Crippen molar-refractivity contribution in [3.05, 3.63) is 87.2 Å². The maximum Gasteiger partial charge on any atom is 0.416 e. The van der Waals surface area contributed by atoms with Gasteiger partial charge >= 0.3 is 6.18 Å². The van der Waals surface area contributed by atoms with Crippen molar-refractivity contribution in [3.8, 4) is 0 Å². The van der Waals surface area contributed by atoms with Gasteiger partial charge in [-0.1, -0.05) is 11.6 Å². The Morgan fingerprint density at radius 3 is 2.58 bits per heavy atom. The molecule has 1 fully saturated rings. The first kappa shape index (κ1) is 30.4. The number of carbonyl (C=O) groups is 3. The van der Waals surface area contributed by atoms with Crippen molar-refractivity contribution in [1.82, 2.24) is 20.1 Å². The summed E-state index contributed by atoms with van der Waals surface area (Å²) < 4.78 is 75.2. The average molecular weight is 626 g/mol. The molecule has 1 aromatic heterocycles. The predicted octanol–water partition coefficient (Wildman–Crippen LogP) is 3.97. The van der Waals surface area contributed by atoms with Crippen LogP contribution in [0.2, 0.25) is 5.02 Å². The summed E-state index contributed by atoms with van der Waals surface area (Å²) >= 11 is 6.33. The quantitative estimate of drug-likeness (QED) is 0.360. The summed E-state index contributed by atoms with van der Waals surface area (Å²) in [4.78, 5) is 41.3. The van der Waals surface area contributed by atoms with Crippen LogP contribution < -0.4 is 16.0 Å². The molecule has 3 amide bonds. The fourth-order valence-electron chi connectivity index (χ4n) is 5.08. The number of benzene rings is 2. The topological polar surface area (TPSA) is 105 Å². The molecule has 2 aromatic carbocycles. The third kappa shape index (κ3) is 6.65. The van der Waals surface area contributed by atoms with Crippen LogP contribution in [0.3, 0.4) is 0 Å². The average Bonchev–Trinajstić information content (AvgIpc) is 3.29. The molecule has 0 aliphatic carbocycles. The fourth-order valence-corrected chi connectivity index (χ4v) is 5.31. The number of halogens is 6. The van der Waals surface area contributed by atoms with Crippen LogP contribution in [0.5, 0.6) is 0 Å². The van der Waals surface area contributed by atoms with Crippen molar-refractivity contribution in [2.45, 2.75) is 24.9 Å². The van der Waals surface area contributed by atoms with Gasteiger partial charge in [-0.3, -0.25) is 14.4 Å². The Hall–Kier alpha value is -4.01. The molecular weight excluding hydrogens is 601 g/mol. The van der Waals surface area contributed by atoms with Crippen LogP contribution >= 0.6 is 11.6 Å². The van der Waals surface area contributed by atoms with Crippen molar-refractivity contribution in [2.24, 2.45) is 0 Å². The normalized spacial score (nSPS) is 19.0. The van der Waals surface area contributed by atoms with Crippen LogP contribution in [0, 0.1) is 11.6 Å². The lowest BCUT2D eigenvalue weighted by atomic mass is 10.0. The van der Waals surface area contributed by atoms with Gasteiger partial charge in [0.2, 0.25) is 5.91 Å². The van der Waals surface area contributed by atoms with E-state index in [-0.39, 0.29) is 52.9 Å². The van der Waals surface area contributed by atoms with Gasteiger partial charge in [-0.05, 0) is 49.5 Å². The number of carbonyl (C=O) groups excluding carboxylic acids is 3. The molecule has 2 aliphatic heterocycles. The predicted molar refractivity (Wildman–Crippen MR) is 145 cm³/mol. The zero-order valence-corrected chi connectivity index (χ0v) is 23.3. The zero-order chi connectivity index (χ0) is 31.1. The molecule has 0 spiro atoms. The van der Waals surface area contributed by atoms with Crippen LogP contribution in [0.25, 0.3) is 0 Å². The van der Waals surface area contributed by atoms with Gasteiger partial charge in [-0.2, -0.15) is 13.2 Å². The molecule has 15 heteroatoms. The Kier molecular flexibility index (Phi) is 8.45. The molecular formula is C28H25ClF5N5O4. The van der Waals surface area contributed by atoms with E-state index in [1.165, 1.54) is 16.7 Å². The van der Waals surface area contributed by atoms with E-state index in [2.05, 4.69) is 16.0 Å². The van der Waals surface area contributed by atoms with Crippen LogP contribution in [-0.4, -0.2) is 66.6 Å². The second kappa shape index (κ2) is 11.9. The zero-order valence-electron chi connectivity index (χ0n) is 22.5. The summed E-state index contributed by atoms with van der Waals surface area (Å²) in [5, 5.41) is 7.90. The lowest BCUT2D eigenvalue weighted by Crippen LogP contribution is -2.46. The van der Waals surface area contributed by atoms with Crippen LogP contribution in [0.15, 0.2) is 42.5 Å². The van der Waals surface area contributed by atoms with Crippen molar-refractivity contribution in [2.75, 3.05) is 38.6 Å². The maximum atomic E-state index is 14.3. The molecule has 9 nitrogen and oxygen atoms in total. The van der Waals surface area contributed by atoms with Crippen molar-refractivity contribution in [3.63, 3.8) is 0 Å². The third-order valence-corrected chi connectivity index (χ3v) is 7.43. The first-order chi connectivity index (χ1) is 20.3. The van der Waals surface area contributed by atoms with Crippen LogP contribution in [-0.2, 0) is 22.3 Å². The van der Waals surface area contributed by atoms with Gasteiger partial charge in [0.1, 0.15) is 23.9 Å². The highest BCUT2D eigenvalue weighted by molar-refractivity contribution is 6.31. The minimum atomic E-state index is -4.92. The lowest BCUT2D eigenvalue weighted by Gasteiger charge is -2.30. The van der Waals surface area contributed by atoms with Crippen molar-refractivity contribution in [1.29, 1.82) is 0 Å². The number of rotatable bonds is 6. The van der Waals surface area contributed by atoms with Gasteiger partial charge in [-0.15, -0.1) is 0 Å². The number of nitrogens with zero attached hydrogens (tertiary/aromatic N) is 2. The van der Waals surface area contributed by atoms with E-state index in [9.17, 15) is 36.3 Å². The Balaban J connectivity index is 1.54. The Bertz CT molecular complexity index is 1590. The number of ether oxygens (including phenoxy) is 1. The number of amides is 3. The van der Waals surface area contributed by atoms with Crippen molar-refractivity contribution < 1.29 is 41.1 Å². The molecule has 3 aromatic rings. The minimum Gasteiger partial charge on any atom is -0.374 e. The third-order valence-electron chi connectivity index (χ3n) is 7.09. The second-order valence-electron chi connectivity index (χ2n) is 10.2. The summed E-state index contributed by atoms with van der Waals surface area (Å²) in [5.41, 5.74) is -1.98. The van der Waals surface area contributed by atoms with E-state index in [4.69, 9.17) is 16.3 Å². The molecule has 0 saturated carbocycles. The van der Waals surface area contributed by atoms with E-state index in [0.717, 1.165) is 18.7 Å². The number of morpholine rings is 1. The summed E-state index contributed by atoms with van der Waals surface area (Å²) in [6.45, 7) is 1.51. The van der Waals surface area contributed by atoms with E-state index in [1.54, 1.807) is 0 Å². The standard InChI is InChI=1S/C28H25ClF5N5O4/c1-38-4-5-43-18(12-38)11-35-27(42)22-10-21(36-26(41)14-6-15(28(32,33)34)8-17(31)7-14)25-24(37-23(40)13-39(22)25)19-9-16(30)2-3-20(19)29/h2-3,6-10,18,24H,4-5,11-13H2,1H3,(H,35,42)(H,36,41)(H,37,40). The number of aromatic nitrogens is 1. The first-order valence-electron chi connectivity index (χ1n) is 13.1. The number of likely N-dealkylation sites (N-methyl/N-ethyl adjacent to an activating group) is 1. The number of nitrogens with one attached hydrogen (secondary N) is 3. The Labute approximate surface area is 246 Å². The number of hydrogen-bond donors (Lipinski definition) is 3. The van der Waals surface area contributed by atoms with E-state index in [0.29, 0.717) is 25.3 Å². The van der Waals surface area contributed by atoms with Crippen LogP contribution in [0.4, 0.5) is 27.6 Å². The second-order valence-corrected chi connectivity index (χ2v) is 10.6. The summed E-state index contributed by atoms with van der Waals surface area (Å²) in [6.07, 6.45) is -5.23. The lowest BCUT2D eigenvalue weighted by molar-refractivity contribution is -0.137. The Morgan fingerprint density at radius 2 is 1.86 bits per heavy atom.